The second kappa shape index (κ2) is 7.39. The van der Waals surface area contributed by atoms with E-state index < -0.39 is 39.3 Å². The molecule has 1 atom stereocenters. The highest BCUT2D eigenvalue weighted by molar-refractivity contribution is 7.91. The number of pyridine rings is 1. The summed E-state index contributed by atoms with van der Waals surface area (Å²) >= 11 is 0. The molecule has 1 unspecified atom stereocenters. The van der Waals surface area contributed by atoms with Gasteiger partial charge in [-0.05, 0) is 30.7 Å². The summed E-state index contributed by atoms with van der Waals surface area (Å²) in [6.07, 6.45) is 1.57. The Morgan fingerprint density at radius 3 is 2.52 bits per heavy atom. The first kappa shape index (κ1) is 18.9. The van der Waals surface area contributed by atoms with E-state index in [1.165, 1.54) is 24.4 Å². The minimum Gasteiger partial charge on any atom is -0.347 e. The average molecular weight is 395 g/mol. The van der Waals surface area contributed by atoms with Gasteiger partial charge in [-0.1, -0.05) is 0 Å². The van der Waals surface area contributed by atoms with Crippen molar-refractivity contribution in [2.75, 3.05) is 16.8 Å². The maximum Gasteiger partial charge on any atom is 0.270 e. The number of nitrogens with one attached hydrogen (secondary N) is 2. The molecule has 1 aliphatic heterocycles. The van der Waals surface area contributed by atoms with Crippen LogP contribution in [0.25, 0.3) is 0 Å². The van der Waals surface area contributed by atoms with Crippen LogP contribution in [0.4, 0.5) is 14.5 Å². The van der Waals surface area contributed by atoms with Crippen molar-refractivity contribution in [3.05, 3.63) is 59.4 Å². The van der Waals surface area contributed by atoms with Crippen molar-refractivity contribution >= 4 is 27.3 Å². The largest absolute Gasteiger partial charge is 0.347 e. The Labute approximate surface area is 153 Å². The predicted molar refractivity (Wildman–Crippen MR) is 93.1 cm³/mol. The number of carbonyl (C=O) groups is 2. The summed E-state index contributed by atoms with van der Waals surface area (Å²) in [6.45, 7) is 0. The zero-order chi connectivity index (χ0) is 19.6. The molecule has 1 aromatic heterocycles. The van der Waals surface area contributed by atoms with Gasteiger partial charge in [0.25, 0.3) is 11.8 Å². The van der Waals surface area contributed by atoms with Crippen LogP contribution >= 0.6 is 0 Å². The number of amides is 2. The topological polar surface area (TPSA) is 105 Å². The van der Waals surface area contributed by atoms with E-state index in [-0.39, 0.29) is 28.5 Å². The molecule has 2 N–H and O–H groups in total. The molecule has 10 heteroatoms. The van der Waals surface area contributed by atoms with Gasteiger partial charge in [-0.2, -0.15) is 0 Å². The van der Waals surface area contributed by atoms with Crippen LogP contribution in [0.3, 0.4) is 0 Å². The number of hydrogen-bond acceptors (Lipinski definition) is 5. The fourth-order valence-corrected chi connectivity index (χ4v) is 4.31. The molecule has 2 heterocycles. The predicted octanol–water partition coefficient (Wildman–Crippen LogP) is 1.53. The summed E-state index contributed by atoms with van der Waals surface area (Å²) in [6, 6.07) is 5.00. The van der Waals surface area contributed by atoms with Crippen molar-refractivity contribution < 1.29 is 26.8 Å². The van der Waals surface area contributed by atoms with Gasteiger partial charge in [0, 0.05) is 29.6 Å². The van der Waals surface area contributed by atoms with Crippen molar-refractivity contribution in [1.82, 2.24) is 10.3 Å². The Morgan fingerprint density at radius 2 is 1.85 bits per heavy atom. The van der Waals surface area contributed by atoms with Crippen molar-refractivity contribution in [3.8, 4) is 0 Å². The molecular weight excluding hydrogens is 380 g/mol. The first-order valence-corrected chi connectivity index (χ1v) is 9.79. The summed E-state index contributed by atoms with van der Waals surface area (Å²) in [5.74, 6) is -3.49. The van der Waals surface area contributed by atoms with Crippen molar-refractivity contribution in [1.29, 1.82) is 0 Å². The molecule has 1 aromatic carbocycles. The van der Waals surface area contributed by atoms with E-state index in [9.17, 15) is 26.8 Å². The van der Waals surface area contributed by atoms with E-state index in [0.717, 1.165) is 12.1 Å². The number of anilines is 1. The van der Waals surface area contributed by atoms with Crippen LogP contribution in [0.1, 0.15) is 27.3 Å². The van der Waals surface area contributed by atoms with Crippen molar-refractivity contribution in [2.45, 2.75) is 12.5 Å². The van der Waals surface area contributed by atoms with Gasteiger partial charge in [0.15, 0.2) is 21.5 Å². The number of sulfone groups is 1. The Kier molecular flexibility index (Phi) is 5.17. The molecular formula is C17H15F2N3O4S. The number of hydrogen-bond donors (Lipinski definition) is 2. The lowest BCUT2D eigenvalue weighted by molar-refractivity contribution is 0.0936. The van der Waals surface area contributed by atoms with E-state index in [4.69, 9.17) is 0 Å². The molecule has 3 rings (SSSR count). The summed E-state index contributed by atoms with van der Waals surface area (Å²) in [7, 11) is -3.14. The Balaban J connectivity index is 1.69. The lowest BCUT2D eigenvalue weighted by atomic mass is 10.2. The van der Waals surface area contributed by atoms with Gasteiger partial charge in [-0.15, -0.1) is 0 Å². The highest BCUT2D eigenvalue weighted by Gasteiger charge is 2.29. The molecule has 2 aromatic rings. The molecule has 0 aliphatic carbocycles. The first-order chi connectivity index (χ1) is 12.7. The molecule has 1 saturated heterocycles. The second-order valence-corrected chi connectivity index (χ2v) is 8.31. The molecule has 1 fully saturated rings. The summed E-state index contributed by atoms with van der Waals surface area (Å²) < 4.78 is 49.1. The monoisotopic (exact) mass is 395 g/mol. The lowest BCUT2D eigenvalue weighted by Gasteiger charge is -2.11. The third-order valence-corrected chi connectivity index (χ3v) is 5.77. The van der Waals surface area contributed by atoms with E-state index in [2.05, 4.69) is 15.6 Å². The van der Waals surface area contributed by atoms with Crippen LogP contribution < -0.4 is 10.6 Å². The van der Waals surface area contributed by atoms with Crippen LogP contribution in [0.15, 0.2) is 36.5 Å². The van der Waals surface area contributed by atoms with Gasteiger partial charge in [0.1, 0.15) is 5.69 Å². The molecule has 27 heavy (non-hydrogen) atoms. The number of benzene rings is 1. The van der Waals surface area contributed by atoms with Gasteiger partial charge in [-0.25, -0.2) is 17.2 Å². The summed E-state index contributed by atoms with van der Waals surface area (Å²) in [5.41, 5.74) is 0.0778. The zero-order valence-electron chi connectivity index (χ0n) is 13.9. The van der Waals surface area contributed by atoms with Gasteiger partial charge >= 0.3 is 0 Å². The first-order valence-electron chi connectivity index (χ1n) is 7.97. The normalized spacial score (nSPS) is 18.1. The molecule has 0 radical (unpaired) electrons. The Morgan fingerprint density at radius 1 is 1.07 bits per heavy atom. The SMILES string of the molecule is O=C(Nc1ccc(F)c(F)c1)c1ccnc(C(=O)NC2CCS(=O)(=O)C2)c1. The van der Waals surface area contributed by atoms with E-state index >= 15 is 0 Å². The average Bonchev–Trinajstić information content (AvgIpc) is 2.96. The highest BCUT2D eigenvalue weighted by atomic mass is 32.2. The molecule has 2 amide bonds. The lowest BCUT2D eigenvalue weighted by Crippen LogP contribution is -2.36. The van der Waals surface area contributed by atoms with Crippen LogP contribution in [0.5, 0.6) is 0 Å². The summed E-state index contributed by atoms with van der Waals surface area (Å²) in [4.78, 5) is 28.4. The smallest absolute Gasteiger partial charge is 0.270 e. The number of rotatable bonds is 4. The Bertz CT molecular complexity index is 1010. The number of carbonyl (C=O) groups excluding carboxylic acids is 2. The fraction of sp³-hybridized carbons (Fsp3) is 0.235. The van der Waals surface area contributed by atoms with E-state index in [1.54, 1.807) is 0 Å². The van der Waals surface area contributed by atoms with Crippen LogP contribution in [-0.4, -0.2) is 42.8 Å². The standard InChI is InChI=1S/C17H15F2N3O4S/c18-13-2-1-11(8-14(13)19)21-16(23)10-3-5-20-15(7-10)17(24)22-12-4-6-27(25,26)9-12/h1-3,5,7-8,12H,4,6,9H2,(H,21,23)(H,22,24). The number of halogens is 2. The fourth-order valence-electron chi connectivity index (χ4n) is 2.64. The van der Waals surface area contributed by atoms with Gasteiger partial charge in [0.2, 0.25) is 0 Å². The molecule has 0 spiro atoms. The van der Waals surface area contributed by atoms with Gasteiger partial charge in [-0.3, -0.25) is 14.6 Å². The highest BCUT2D eigenvalue weighted by Crippen LogP contribution is 2.15. The third kappa shape index (κ3) is 4.64. The van der Waals surface area contributed by atoms with Gasteiger partial charge < -0.3 is 10.6 Å². The van der Waals surface area contributed by atoms with E-state index in [0.29, 0.717) is 6.42 Å². The molecule has 1 aliphatic rings. The van der Waals surface area contributed by atoms with Crippen LogP contribution in [-0.2, 0) is 9.84 Å². The maximum atomic E-state index is 13.2. The molecule has 7 nitrogen and oxygen atoms in total. The van der Waals surface area contributed by atoms with E-state index in [1.807, 2.05) is 0 Å². The van der Waals surface area contributed by atoms with Gasteiger partial charge in [0.05, 0.1) is 11.5 Å². The quantitative estimate of drug-likeness (QED) is 0.817. The second-order valence-electron chi connectivity index (χ2n) is 6.09. The minimum absolute atomic E-state index is 0.0159. The van der Waals surface area contributed by atoms with Crippen LogP contribution in [0.2, 0.25) is 0 Å². The van der Waals surface area contributed by atoms with Crippen molar-refractivity contribution in [2.24, 2.45) is 0 Å². The zero-order valence-corrected chi connectivity index (χ0v) is 14.7. The Hall–Kier alpha value is -2.88. The third-order valence-electron chi connectivity index (χ3n) is 4.00. The number of nitrogens with zero attached hydrogens (tertiary/aromatic N) is 1. The van der Waals surface area contributed by atoms with Crippen molar-refractivity contribution in [3.63, 3.8) is 0 Å². The van der Waals surface area contributed by atoms with Crippen LogP contribution in [0, 0.1) is 11.6 Å². The maximum absolute atomic E-state index is 13.2. The summed E-state index contributed by atoms with van der Waals surface area (Å²) in [5, 5.41) is 4.97. The minimum atomic E-state index is -3.14. The number of aromatic nitrogens is 1. The molecule has 0 bridgehead atoms. The molecule has 0 saturated carbocycles. The molecule has 142 valence electrons.